The molecule has 2 rings (SSSR count). The Bertz CT molecular complexity index is 403. The van der Waals surface area contributed by atoms with Crippen LogP contribution in [0.25, 0.3) is 0 Å². The van der Waals surface area contributed by atoms with Gasteiger partial charge in [0.1, 0.15) is 5.15 Å². The number of hydrogen-bond donors (Lipinski definition) is 0. The second kappa shape index (κ2) is 3.93. The summed E-state index contributed by atoms with van der Waals surface area (Å²) in [7, 11) is 0. The summed E-state index contributed by atoms with van der Waals surface area (Å²) in [6.07, 6.45) is 2.94. The molecule has 1 aromatic heterocycles. The Labute approximate surface area is 94.7 Å². The number of pyridine rings is 1. The zero-order valence-electron chi connectivity index (χ0n) is 8.96. The van der Waals surface area contributed by atoms with E-state index in [1.165, 1.54) is 5.56 Å². The second-order valence-corrected chi connectivity index (χ2v) is 4.69. The van der Waals surface area contributed by atoms with Crippen molar-refractivity contribution in [1.29, 1.82) is 0 Å². The molecule has 2 nitrogen and oxygen atoms in total. The van der Waals surface area contributed by atoms with Gasteiger partial charge in [-0.1, -0.05) is 25.4 Å². The lowest BCUT2D eigenvalue weighted by Gasteiger charge is -2.27. The van der Waals surface area contributed by atoms with Gasteiger partial charge in [-0.05, 0) is 30.4 Å². The predicted octanol–water partition coefficient (Wildman–Crippen LogP) is 3.23. The highest BCUT2D eigenvalue weighted by Gasteiger charge is 2.25. The number of aryl methyl sites for hydroxylation is 1. The molecule has 1 heterocycles. The van der Waals surface area contributed by atoms with Crippen molar-refractivity contribution in [2.45, 2.75) is 32.6 Å². The fourth-order valence-electron chi connectivity index (χ4n) is 2.14. The molecule has 0 aliphatic heterocycles. The molecular weight excluding hydrogens is 210 g/mol. The maximum Gasteiger partial charge on any atom is 0.153 e. The topological polar surface area (TPSA) is 30.0 Å². The number of rotatable bonds is 1. The molecular formula is C12H14ClNO. The Morgan fingerprint density at radius 2 is 2.27 bits per heavy atom. The van der Waals surface area contributed by atoms with Gasteiger partial charge in [-0.15, -0.1) is 0 Å². The molecule has 1 aliphatic rings. The van der Waals surface area contributed by atoms with Crippen molar-refractivity contribution in [3.05, 3.63) is 28.0 Å². The standard InChI is InChI=1S/C12H14ClNO/c1-7-3-4-9-5-10(6-15)12(13)14-11(9)8(7)2/h5-8H,3-4H2,1-2H3. The van der Waals surface area contributed by atoms with Crippen LogP contribution in [-0.2, 0) is 6.42 Å². The van der Waals surface area contributed by atoms with E-state index in [2.05, 4.69) is 18.8 Å². The first-order valence-corrected chi connectivity index (χ1v) is 5.65. The number of aldehydes is 1. The number of carbonyl (C=O) groups is 1. The highest BCUT2D eigenvalue weighted by atomic mass is 35.5. The maximum absolute atomic E-state index is 10.7. The van der Waals surface area contributed by atoms with E-state index >= 15 is 0 Å². The summed E-state index contributed by atoms with van der Waals surface area (Å²) in [6, 6.07) is 1.89. The van der Waals surface area contributed by atoms with Crippen molar-refractivity contribution in [2.75, 3.05) is 0 Å². The number of fused-ring (bicyclic) bond motifs is 1. The van der Waals surface area contributed by atoms with Crippen molar-refractivity contribution in [2.24, 2.45) is 5.92 Å². The van der Waals surface area contributed by atoms with Gasteiger partial charge in [0.05, 0.1) is 5.56 Å². The quantitative estimate of drug-likeness (QED) is 0.541. The number of carbonyl (C=O) groups excluding carboxylic acids is 1. The van der Waals surface area contributed by atoms with Gasteiger partial charge in [0.25, 0.3) is 0 Å². The van der Waals surface area contributed by atoms with E-state index in [0.717, 1.165) is 24.8 Å². The fourth-order valence-corrected chi connectivity index (χ4v) is 2.33. The molecule has 0 aromatic carbocycles. The molecule has 0 radical (unpaired) electrons. The predicted molar refractivity (Wildman–Crippen MR) is 60.5 cm³/mol. The molecule has 3 heteroatoms. The molecule has 0 amide bonds. The highest BCUT2D eigenvalue weighted by Crippen LogP contribution is 2.35. The number of halogens is 1. The maximum atomic E-state index is 10.7. The van der Waals surface area contributed by atoms with Crippen molar-refractivity contribution >= 4 is 17.9 Å². The molecule has 0 N–H and O–H groups in total. The first-order valence-electron chi connectivity index (χ1n) is 5.28. The van der Waals surface area contributed by atoms with Gasteiger partial charge in [-0.3, -0.25) is 4.79 Å². The van der Waals surface area contributed by atoms with Crippen LogP contribution in [0.1, 0.15) is 47.8 Å². The van der Waals surface area contributed by atoms with Crippen LogP contribution < -0.4 is 0 Å². The van der Waals surface area contributed by atoms with Crippen LogP contribution >= 0.6 is 11.6 Å². The molecule has 0 spiro atoms. The Morgan fingerprint density at radius 1 is 1.53 bits per heavy atom. The van der Waals surface area contributed by atoms with Crippen LogP contribution in [-0.4, -0.2) is 11.3 Å². The third-order valence-corrected chi connectivity index (χ3v) is 3.70. The minimum Gasteiger partial charge on any atom is -0.298 e. The van der Waals surface area contributed by atoms with Crippen LogP contribution in [0.4, 0.5) is 0 Å². The zero-order valence-corrected chi connectivity index (χ0v) is 9.71. The Hall–Kier alpha value is -0.890. The molecule has 1 aliphatic carbocycles. The summed E-state index contributed by atoms with van der Waals surface area (Å²) in [5, 5.41) is 0.338. The van der Waals surface area contributed by atoms with Gasteiger partial charge in [-0.25, -0.2) is 4.98 Å². The van der Waals surface area contributed by atoms with Gasteiger partial charge in [0.15, 0.2) is 6.29 Å². The van der Waals surface area contributed by atoms with Crippen LogP contribution in [0.3, 0.4) is 0 Å². The van der Waals surface area contributed by atoms with Crippen molar-refractivity contribution < 1.29 is 4.79 Å². The first-order chi connectivity index (χ1) is 7.13. The van der Waals surface area contributed by atoms with Gasteiger partial charge in [0, 0.05) is 11.6 Å². The third-order valence-electron chi connectivity index (χ3n) is 3.40. The lowest BCUT2D eigenvalue weighted by atomic mass is 9.80. The number of hydrogen-bond acceptors (Lipinski definition) is 2. The zero-order chi connectivity index (χ0) is 11.0. The molecule has 0 saturated carbocycles. The molecule has 2 unspecified atom stereocenters. The van der Waals surface area contributed by atoms with Crippen LogP contribution in [0.15, 0.2) is 6.07 Å². The minimum absolute atomic E-state index is 0.338. The molecule has 2 atom stereocenters. The lowest BCUT2D eigenvalue weighted by Crippen LogP contribution is -2.18. The summed E-state index contributed by atoms with van der Waals surface area (Å²) >= 11 is 5.93. The summed E-state index contributed by atoms with van der Waals surface area (Å²) in [5.74, 6) is 1.08. The van der Waals surface area contributed by atoms with Gasteiger partial charge >= 0.3 is 0 Å². The molecule has 0 fully saturated rings. The molecule has 1 aromatic rings. The van der Waals surface area contributed by atoms with E-state index < -0.39 is 0 Å². The minimum atomic E-state index is 0.338. The van der Waals surface area contributed by atoms with Crippen LogP contribution in [0, 0.1) is 5.92 Å². The summed E-state index contributed by atoms with van der Waals surface area (Å²) in [5.41, 5.74) is 2.77. The Morgan fingerprint density at radius 3 is 2.93 bits per heavy atom. The average molecular weight is 224 g/mol. The smallest absolute Gasteiger partial charge is 0.153 e. The normalized spacial score (nSPS) is 24.7. The summed E-state index contributed by atoms with van der Waals surface area (Å²) in [4.78, 5) is 15.1. The average Bonchev–Trinajstić information content (AvgIpc) is 2.24. The molecule has 0 bridgehead atoms. The van der Waals surface area contributed by atoms with E-state index in [1.54, 1.807) is 0 Å². The molecule has 0 saturated heterocycles. The van der Waals surface area contributed by atoms with Crippen molar-refractivity contribution in [1.82, 2.24) is 4.98 Å². The van der Waals surface area contributed by atoms with Crippen molar-refractivity contribution in [3.63, 3.8) is 0 Å². The molecule has 15 heavy (non-hydrogen) atoms. The van der Waals surface area contributed by atoms with Gasteiger partial charge in [-0.2, -0.15) is 0 Å². The Balaban J connectivity index is 2.52. The van der Waals surface area contributed by atoms with Crippen LogP contribution in [0.2, 0.25) is 5.15 Å². The van der Waals surface area contributed by atoms with E-state index in [-0.39, 0.29) is 0 Å². The van der Waals surface area contributed by atoms with E-state index in [9.17, 15) is 4.79 Å². The van der Waals surface area contributed by atoms with Crippen LogP contribution in [0.5, 0.6) is 0 Å². The van der Waals surface area contributed by atoms with Gasteiger partial charge < -0.3 is 0 Å². The third kappa shape index (κ3) is 1.78. The lowest BCUT2D eigenvalue weighted by molar-refractivity contribution is 0.112. The van der Waals surface area contributed by atoms with Crippen molar-refractivity contribution in [3.8, 4) is 0 Å². The summed E-state index contributed by atoms with van der Waals surface area (Å²) in [6.45, 7) is 4.41. The summed E-state index contributed by atoms with van der Waals surface area (Å²) < 4.78 is 0. The molecule has 80 valence electrons. The fraction of sp³-hybridized carbons (Fsp3) is 0.500. The Kier molecular flexibility index (Phi) is 2.79. The number of aromatic nitrogens is 1. The van der Waals surface area contributed by atoms with E-state index in [0.29, 0.717) is 22.6 Å². The van der Waals surface area contributed by atoms with E-state index in [4.69, 9.17) is 11.6 Å². The second-order valence-electron chi connectivity index (χ2n) is 4.34. The SMILES string of the molecule is CC1CCc2cc(C=O)c(Cl)nc2C1C. The highest BCUT2D eigenvalue weighted by molar-refractivity contribution is 6.31. The number of nitrogens with zero attached hydrogens (tertiary/aromatic N) is 1. The van der Waals surface area contributed by atoms with E-state index in [1.807, 2.05) is 6.07 Å². The largest absolute Gasteiger partial charge is 0.298 e. The first kappa shape index (κ1) is 10.6. The van der Waals surface area contributed by atoms with Gasteiger partial charge in [0.2, 0.25) is 0 Å². The monoisotopic (exact) mass is 223 g/mol.